The average Bonchev–Trinajstić information content (AvgIpc) is 2.99. The van der Waals surface area contributed by atoms with Crippen molar-refractivity contribution in [3.8, 4) is 34.5 Å². The Morgan fingerprint density at radius 1 is 0.491 bits per heavy atom. The number of hydrogen-bond donors (Lipinski definition) is 0. The first kappa shape index (κ1) is 45.0. The molecule has 2 aromatic carbocycles. The van der Waals surface area contributed by atoms with E-state index in [1.54, 1.807) is 0 Å². The molecule has 55 heavy (non-hydrogen) atoms. The summed E-state index contributed by atoms with van der Waals surface area (Å²) < 4.78 is 44.6. The van der Waals surface area contributed by atoms with Crippen LogP contribution in [-0.4, -0.2) is 72.2 Å². The van der Waals surface area contributed by atoms with E-state index in [2.05, 4.69) is 0 Å². The molecule has 1 atom stereocenters. The van der Waals surface area contributed by atoms with E-state index in [9.17, 15) is 43.2 Å². The molecule has 1 unspecified atom stereocenters. The minimum absolute atomic E-state index is 0.0680. The largest absolute Gasteiger partial charge is 0.496 e. The molecule has 0 heterocycles. The predicted octanol–water partition coefficient (Wildman–Crippen LogP) is 4.44. The highest BCUT2D eigenvalue weighted by Crippen LogP contribution is 2.51. The van der Waals surface area contributed by atoms with Crippen molar-refractivity contribution in [1.82, 2.24) is 0 Å². The first-order valence-electron chi connectivity index (χ1n) is 16.6. The van der Waals surface area contributed by atoms with E-state index in [1.807, 2.05) is 0 Å². The summed E-state index contributed by atoms with van der Waals surface area (Å²) in [6.45, 7) is 13.7. The molecule has 0 amide bonds. The van der Waals surface area contributed by atoms with Gasteiger partial charge in [0.25, 0.3) is 0 Å². The summed E-state index contributed by atoms with van der Waals surface area (Å²) in [6.07, 6.45) is -2.64. The van der Waals surface area contributed by atoms with Crippen LogP contribution in [0, 0.1) is 6.92 Å². The Kier molecular flexibility index (Phi) is 15.0. The molecule has 0 saturated carbocycles. The van der Waals surface area contributed by atoms with Gasteiger partial charge in [0.2, 0.25) is 0 Å². The SMILES string of the molecule is COc1c(C)c(OC(C)=O)c(C(C)=O)c(OC(C)=O)c1Cc1c(OC(C)=O)c(CC(OC(C)=O)C(C)(C)OC(C)=O)c(OC(C)=O)c(C(C)=O)c1OC(C)=O. The Labute approximate surface area is 316 Å². The highest BCUT2D eigenvalue weighted by atomic mass is 16.6. The van der Waals surface area contributed by atoms with E-state index in [-0.39, 0.29) is 39.3 Å². The number of esters is 7. The molecule has 2 rings (SSSR count). The molecule has 0 aromatic heterocycles. The van der Waals surface area contributed by atoms with Crippen LogP contribution in [0.3, 0.4) is 0 Å². The Morgan fingerprint density at radius 3 is 1.22 bits per heavy atom. The Balaban J connectivity index is 3.49. The van der Waals surface area contributed by atoms with E-state index < -0.39 is 106 Å². The summed E-state index contributed by atoms with van der Waals surface area (Å²) in [5, 5.41) is 0. The van der Waals surface area contributed by atoms with E-state index in [4.69, 9.17) is 37.9 Å². The first-order valence-corrected chi connectivity index (χ1v) is 16.6. The van der Waals surface area contributed by atoms with Crippen molar-refractivity contribution in [3.63, 3.8) is 0 Å². The molecule has 17 heteroatoms. The molecule has 0 aliphatic rings. The Bertz CT molecular complexity index is 1970. The maximum Gasteiger partial charge on any atom is 0.308 e. The highest BCUT2D eigenvalue weighted by Gasteiger charge is 2.41. The molecule has 2 aromatic rings. The third-order valence-corrected chi connectivity index (χ3v) is 7.60. The molecule has 17 nitrogen and oxygen atoms in total. The number of carbonyl (C=O) groups excluding carboxylic acids is 9. The number of hydrogen-bond acceptors (Lipinski definition) is 17. The van der Waals surface area contributed by atoms with Gasteiger partial charge in [-0.2, -0.15) is 0 Å². The van der Waals surface area contributed by atoms with E-state index >= 15 is 0 Å². The van der Waals surface area contributed by atoms with Crippen LogP contribution in [-0.2, 0) is 55.9 Å². The van der Waals surface area contributed by atoms with Crippen LogP contribution in [0.15, 0.2) is 0 Å². The van der Waals surface area contributed by atoms with Gasteiger partial charge in [0.1, 0.15) is 34.3 Å². The molecule has 0 aliphatic carbocycles. The molecule has 0 saturated heterocycles. The number of carbonyl (C=O) groups is 9. The zero-order chi connectivity index (χ0) is 42.3. The molecule has 298 valence electrons. The minimum atomic E-state index is -1.62. The fraction of sp³-hybridized carbons (Fsp3) is 0.447. The number of methoxy groups -OCH3 is 1. The third-order valence-electron chi connectivity index (χ3n) is 7.60. The van der Waals surface area contributed by atoms with Crippen LogP contribution >= 0.6 is 0 Å². The Morgan fingerprint density at radius 2 is 0.855 bits per heavy atom. The number of ketones is 2. The lowest BCUT2D eigenvalue weighted by Gasteiger charge is -2.34. The van der Waals surface area contributed by atoms with E-state index in [0.29, 0.717) is 0 Å². The number of benzene rings is 2. The second-order valence-electron chi connectivity index (χ2n) is 12.7. The molecule has 0 spiro atoms. The second-order valence-corrected chi connectivity index (χ2v) is 12.7. The highest BCUT2D eigenvalue weighted by molar-refractivity contribution is 6.04. The smallest absolute Gasteiger partial charge is 0.308 e. The van der Waals surface area contributed by atoms with Gasteiger partial charge in [-0.25, -0.2) is 0 Å². The van der Waals surface area contributed by atoms with Gasteiger partial charge in [0, 0.05) is 83.6 Å². The maximum atomic E-state index is 13.6. The normalized spacial score (nSPS) is 11.4. The zero-order valence-corrected chi connectivity index (χ0v) is 32.9. The molecule has 0 aliphatic heterocycles. The van der Waals surface area contributed by atoms with Gasteiger partial charge in [-0.05, 0) is 34.6 Å². The van der Waals surface area contributed by atoms with Crippen molar-refractivity contribution >= 4 is 53.4 Å². The second kappa shape index (κ2) is 18.3. The average molecular weight is 773 g/mol. The van der Waals surface area contributed by atoms with Gasteiger partial charge in [0.05, 0.1) is 7.11 Å². The quantitative estimate of drug-likeness (QED) is 0.138. The maximum absolute atomic E-state index is 13.6. The number of Topliss-reactive ketones (excluding diaryl/α,β-unsaturated/α-hetero) is 2. The van der Waals surface area contributed by atoms with Crippen molar-refractivity contribution in [3.05, 3.63) is 33.4 Å². The van der Waals surface area contributed by atoms with Crippen LogP contribution in [0.2, 0.25) is 0 Å². The molecule has 0 radical (unpaired) electrons. The topological polar surface area (TPSA) is 227 Å². The summed E-state index contributed by atoms with van der Waals surface area (Å²) in [4.78, 5) is 114. The fourth-order valence-corrected chi connectivity index (χ4v) is 5.82. The van der Waals surface area contributed by atoms with Crippen LogP contribution in [0.1, 0.15) is 119 Å². The lowest BCUT2D eigenvalue weighted by atomic mass is 9.87. The van der Waals surface area contributed by atoms with Crippen molar-refractivity contribution in [2.45, 2.75) is 108 Å². The summed E-state index contributed by atoms with van der Waals surface area (Å²) in [6, 6.07) is 0. The van der Waals surface area contributed by atoms with Crippen molar-refractivity contribution < 1.29 is 81.0 Å². The standard InChI is InChI=1S/C38H44O17/c1-16-32(48-13)26(35(52-22(7)44)30(17(2)39)33(16)50-20(5)42)14-27-34(51-21(6)43)28(15-29(49-19(4)41)38(11,12)55-25(10)47)37(54-24(9)46)31(18(3)40)36(27)53-23(8)45/h29H,14-15H2,1-13H3. The summed E-state index contributed by atoms with van der Waals surface area (Å²) in [5.41, 5.74) is -3.14. The van der Waals surface area contributed by atoms with Crippen molar-refractivity contribution in [2.75, 3.05) is 7.11 Å². The van der Waals surface area contributed by atoms with Crippen LogP contribution in [0.4, 0.5) is 0 Å². The summed E-state index contributed by atoms with van der Waals surface area (Å²) in [7, 11) is 1.21. The zero-order valence-electron chi connectivity index (χ0n) is 32.9. The van der Waals surface area contributed by atoms with Gasteiger partial charge in [-0.3, -0.25) is 43.2 Å². The molecular weight excluding hydrogens is 728 g/mol. The van der Waals surface area contributed by atoms with Gasteiger partial charge < -0.3 is 37.9 Å². The first-order chi connectivity index (χ1) is 25.3. The fourth-order valence-electron chi connectivity index (χ4n) is 5.82. The van der Waals surface area contributed by atoms with E-state index in [1.165, 1.54) is 27.9 Å². The third kappa shape index (κ3) is 11.2. The van der Waals surface area contributed by atoms with Gasteiger partial charge in [0.15, 0.2) is 34.6 Å². The van der Waals surface area contributed by atoms with E-state index in [0.717, 1.165) is 62.3 Å². The summed E-state index contributed by atoms with van der Waals surface area (Å²) >= 11 is 0. The molecular formula is C38H44O17. The lowest BCUT2D eigenvalue weighted by molar-refractivity contribution is -0.178. The number of ether oxygens (including phenoxy) is 8. The number of rotatable bonds is 15. The summed E-state index contributed by atoms with van der Waals surface area (Å²) in [5.74, 6) is -10.4. The Hall–Kier alpha value is -6.13. The van der Waals surface area contributed by atoms with Crippen LogP contribution in [0.5, 0.6) is 34.5 Å². The van der Waals surface area contributed by atoms with Crippen molar-refractivity contribution in [2.24, 2.45) is 0 Å². The van der Waals surface area contributed by atoms with Gasteiger partial charge in [-0.1, -0.05) is 0 Å². The van der Waals surface area contributed by atoms with Gasteiger partial charge in [-0.15, -0.1) is 0 Å². The monoisotopic (exact) mass is 772 g/mol. The molecule has 0 fully saturated rings. The molecule has 0 bridgehead atoms. The molecule has 0 N–H and O–H groups in total. The minimum Gasteiger partial charge on any atom is -0.496 e. The van der Waals surface area contributed by atoms with Crippen LogP contribution < -0.4 is 28.4 Å². The lowest BCUT2D eigenvalue weighted by Crippen LogP contribution is -2.44. The van der Waals surface area contributed by atoms with Crippen molar-refractivity contribution in [1.29, 1.82) is 0 Å². The van der Waals surface area contributed by atoms with Gasteiger partial charge >= 0.3 is 41.8 Å². The predicted molar refractivity (Wildman–Crippen MR) is 189 cm³/mol. The van der Waals surface area contributed by atoms with Crippen LogP contribution in [0.25, 0.3) is 0 Å².